The van der Waals surface area contributed by atoms with Crippen LogP contribution in [0, 0.1) is 12.3 Å². The summed E-state index contributed by atoms with van der Waals surface area (Å²) in [4.78, 5) is 40.5. The summed E-state index contributed by atoms with van der Waals surface area (Å²) in [5, 5.41) is 10.2. The van der Waals surface area contributed by atoms with E-state index >= 15 is 0 Å². The molecule has 174 valence electrons. The highest BCUT2D eigenvalue weighted by atomic mass is 31.3. The molecule has 0 amide bonds. The van der Waals surface area contributed by atoms with Crippen molar-refractivity contribution in [2.24, 2.45) is 10.7 Å². The predicted octanol–water partition coefficient (Wildman–Crippen LogP) is -0.585. The minimum Gasteiger partial charge on any atom is -0.386 e. The predicted molar refractivity (Wildman–Crippen MR) is 98.9 cm³/mol. The summed E-state index contributed by atoms with van der Waals surface area (Å²) in [6.45, 7) is 2.27. The van der Waals surface area contributed by atoms with Gasteiger partial charge in [0, 0.05) is 6.20 Å². The number of aliphatic hydroxyl groups excluding tert-OH is 1. The molecule has 0 saturated carbocycles. The first kappa shape index (κ1) is 25.8. The average Bonchev–Trinajstić information content (AvgIpc) is 2.82. The number of rotatable bonds is 8. The summed E-state index contributed by atoms with van der Waals surface area (Å²) in [6, 6.07) is 0. The number of halogens is 1. The van der Waals surface area contributed by atoms with Gasteiger partial charge >= 0.3 is 23.5 Å². The molecule has 2 heterocycles. The molecule has 2 aliphatic heterocycles. The Kier molecular flexibility index (Phi) is 7.36. The minimum atomic E-state index is -5.79. The topological polar surface area (TPSA) is 231 Å². The number of aliphatic hydroxyl groups is 1. The molecule has 0 bridgehead atoms. The largest absolute Gasteiger partial charge is 0.490 e. The zero-order valence-corrected chi connectivity index (χ0v) is 17.8. The third-order valence-electron chi connectivity index (χ3n) is 3.72. The summed E-state index contributed by atoms with van der Waals surface area (Å²) in [5.74, 6) is 1.84. The van der Waals surface area contributed by atoms with Crippen molar-refractivity contribution in [2.75, 3.05) is 6.61 Å². The van der Waals surface area contributed by atoms with Gasteiger partial charge in [-0.3, -0.25) is 4.52 Å². The highest BCUT2D eigenvalue weighted by molar-refractivity contribution is 7.66. The minimum absolute atomic E-state index is 0.0473. The van der Waals surface area contributed by atoms with Crippen molar-refractivity contribution in [3.63, 3.8) is 0 Å². The molecular formula is C12H17FN3O12P3. The summed E-state index contributed by atoms with van der Waals surface area (Å²) in [5.41, 5.74) is 3.07. The molecule has 2 rings (SSSR count). The van der Waals surface area contributed by atoms with Crippen LogP contribution < -0.4 is 5.73 Å². The SMILES string of the molecule is C#C[C@]1(COP(=O)(O)OP(=O)(O)OP(=O)(O)O)O[C@@H](N2C=CC(N)=NC2=C)C(F)[C@H]1O. The fraction of sp³-hybridized carbons (Fsp3) is 0.417. The second-order valence-corrected chi connectivity index (χ2v) is 10.4. The van der Waals surface area contributed by atoms with Gasteiger partial charge in [-0.2, -0.15) is 8.62 Å². The van der Waals surface area contributed by atoms with Crippen molar-refractivity contribution in [3.8, 4) is 12.3 Å². The molecule has 15 nitrogen and oxygen atoms in total. The lowest BCUT2D eigenvalue weighted by atomic mass is 9.98. The van der Waals surface area contributed by atoms with E-state index in [-0.39, 0.29) is 11.7 Å². The van der Waals surface area contributed by atoms with Gasteiger partial charge in [0.25, 0.3) is 0 Å². The summed E-state index contributed by atoms with van der Waals surface area (Å²) in [6.07, 6.45) is 1.77. The number of alkyl halides is 1. The van der Waals surface area contributed by atoms with E-state index < -0.39 is 54.2 Å². The molecule has 1 saturated heterocycles. The molecule has 1 fully saturated rings. The number of ether oxygens (including phenoxy) is 1. The van der Waals surface area contributed by atoms with Crippen LogP contribution in [-0.2, 0) is 31.6 Å². The third kappa shape index (κ3) is 6.30. The summed E-state index contributed by atoms with van der Waals surface area (Å²) < 4.78 is 65.4. The standard InChI is InChI=1S/C12H17FN3O12P3/c1-3-12(6-25-30(21,22)28-31(23,24)27-29(18,19)20)10(17)9(13)11(26-12)16-5-4-8(14)15-7(16)2/h1,4-5,9-11,17H,2,6H2,(H2,14,15)(H,21,22)(H,23,24)(H2,18,19,20)/t9?,10-,11-,12-/m1/s1. The molecule has 7 N–H and O–H groups in total. The Morgan fingerprint density at radius 3 is 2.45 bits per heavy atom. The number of aliphatic imine (C=N–C) groups is 1. The van der Waals surface area contributed by atoms with Crippen LogP contribution in [0.1, 0.15) is 0 Å². The van der Waals surface area contributed by atoms with E-state index in [1.807, 2.05) is 5.92 Å². The lowest BCUT2D eigenvalue weighted by Crippen LogP contribution is -2.44. The Labute approximate surface area is 174 Å². The zero-order valence-electron chi connectivity index (χ0n) is 15.2. The van der Waals surface area contributed by atoms with Crippen LogP contribution in [0.5, 0.6) is 0 Å². The van der Waals surface area contributed by atoms with Crippen molar-refractivity contribution < 1.29 is 60.6 Å². The number of amidine groups is 1. The van der Waals surface area contributed by atoms with Gasteiger partial charge in [-0.1, -0.05) is 12.5 Å². The van der Waals surface area contributed by atoms with Crippen LogP contribution >= 0.6 is 23.5 Å². The first-order chi connectivity index (χ1) is 14.0. The molecule has 0 aliphatic carbocycles. The number of phosphoric ester groups is 1. The molecule has 3 unspecified atom stereocenters. The highest BCUT2D eigenvalue weighted by Crippen LogP contribution is 2.66. The Hall–Kier alpha value is -1.43. The quantitative estimate of drug-likeness (QED) is 0.178. The summed E-state index contributed by atoms with van der Waals surface area (Å²) >= 11 is 0. The molecule has 0 aromatic rings. The average molecular weight is 507 g/mol. The fourth-order valence-corrected chi connectivity index (χ4v) is 5.50. The number of hydrogen-bond acceptors (Lipinski definition) is 11. The van der Waals surface area contributed by atoms with E-state index in [1.165, 1.54) is 12.3 Å². The monoisotopic (exact) mass is 507 g/mol. The molecule has 0 radical (unpaired) electrons. The van der Waals surface area contributed by atoms with Crippen LogP contribution in [0.15, 0.2) is 29.7 Å². The molecule has 2 aliphatic rings. The Morgan fingerprint density at radius 2 is 1.94 bits per heavy atom. The molecule has 31 heavy (non-hydrogen) atoms. The lowest BCUT2D eigenvalue weighted by Gasteiger charge is -2.31. The molecule has 19 heteroatoms. The van der Waals surface area contributed by atoms with Gasteiger partial charge in [0.2, 0.25) is 0 Å². The number of nitrogens with two attached hydrogens (primary N) is 1. The Morgan fingerprint density at radius 1 is 1.32 bits per heavy atom. The highest BCUT2D eigenvalue weighted by Gasteiger charge is 2.58. The van der Waals surface area contributed by atoms with E-state index in [1.54, 1.807) is 0 Å². The molecular weight excluding hydrogens is 490 g/mol. The zero-order chi connectivity index (χ0) is 23.8. The van der Waals surface area contributed by atoms with Gasteiger partial charge in [-0.25, -0.2) is 23.1 Å². The number of hydrogen-bond donors (Lipinski definition) is 6. The van der Waals surface area contributed by atoms with Crippen molar-refractivity contribution in [1.29, 1.82) is 0 Å². The van der Waals surface area contributed by atoms with E-state index in [2.05, 4.69) is 24.7 Å². The van der Waals surface area contributed by atoms with Crippen LogP contribution in [-0.4, -0.2) is 66.1 Å². The van der Waals surface area contributed by atoms with Crippen LogP contribution in [0.25, 0.3) is 0 Å². The van der Waals surface area contributed by atoms with E-state index in [9.17, 15) is 28.1 Å². The fourth-order valence-electron chi connectivity index (χ4n) is 2.45. The summed E-state index contributed by atoms with van der Waals surface area (Å²) in [7, 11) is -17.0. The maximum absolute atomic E-state index is 14.7. The van der Waals surface area contributed by atoms with Crippen LogP contribution in [0.4, 0.5) is 4.39 Å². The van der Waals surface area contributed by atoms with Crippen LogP contribution in [0.3, 0.4) is 0 Å². The first-order valence-corrected chi connectivity index (χ1v) is 12.3. The smallest absolute Gasteiger partial charge is 0.386 e. The maximum Gasteiger partial charge on any atom is 0.490 e. The molecule has 0 aromatic heterocycles. The van der Waals surface area contributed by atoms with Crippen LogP contribution in [0.2, 0.25) is 0 Å². The van der Waals surface area contributed by atoms with Crippen molar-refractivity contribution in [2.45, 2.75) is 24.1 Å². The molecule has 0 spiro atoms. The van der Waals surface area contributed by atoms with Gasteiger partial charge in [-0.05, 0) is 6.08 Å². The van der Waals surface area contributed by atoms with E-state index in [4.69, 9.17) is 31.6 Å². The second kappa shape index (κ2) is 8.84. The second-order valence-electron chi connectivity index (χ2n) is 5.97. The number of terminal acetylenes is 1. The van der Waals surface area contributed by atoms with E-state index in [0.717, 1.165) is 4.90 Å². The van der Waals surface area contributed by atoms with Crippen molar-refractivity contribution >= 4 is 29.3 Å². The maximum atomic E-state index is 14.7. The lowest BCUT2D eigenvalue weighted by molar-refractivity contribution is -0.0984. The van der Waals surface area contributed by atoms with Gasteiger partial charge in [0.15, 0.2) is 18.0 Å². The van der Waals surface area contributed by atoms with E-state index in [0.29, 0.717) is 0 Å². The molecule has 0 aromatic carbocycles. The van der Waals surface area contributed by atoms with Crippen molar-refractivity contribution in [3.05, 3.63) is 24.7 Å². The molecule has 6 atom stereocenters. The van der Waals surface area contributed by atoms with Gasteiger partial charge in [0.1, 0.15) is 24.4 Å². The van der Waals surface area contributed by atoms with Crippen molar-refractivity contribution in [1.82, 2.24) is 4.90 Å². The number of phosphoric acid groups is 3. The number of nitrogens with zero attached hydrogens (tertiary/aromatic N) is 2. The Bertz CT molecular complexity index is 991. The third-order valence-corrected chi connectivity index (χ3v) is 7.50. The van der Waals surface area contributed by atoms with Gasteiger partial charge in [-0.15, -0.1) is 6.42 Å². The normalized spacial score (nSPS) is 32.8. The first-order valence-electron chi connectivity index (χ1n) is 7.76. The Balaban J connectivity index is 2.16. The van der Waals surface area contributed by atoms with Gasteiger partial charge < -0.3 is 40.1 Å². The van der Waals surface area contributed by atoms with Gasteiger partial charge in [0.05, 0.1) is 0 Å².